The largest absolute Gasteiger partial charge is 0.477 e. The molecule has 6 rings (SSSR count). The lowest BCUT2D eigenvalue weighted by Crippen LogP contribution is -2.23. The van der Waals surface area contributed by atoms with Gasteiger partial charge in [0.1, 0.15) is 36.1 Å². The highest BCUT2D eigenvalue weighted by atomic mass is 32.1. The van der Waals surface area contributed by atoms with Gasteiger partial charge in [-0.1, -0.05) is 24.3 Å². The van der Waals surface area contributed by atoms with Gasteiger partial charge in [-0.2, -0.15) is 9.36 Å². The standard InChI is InChI=1S/C20H20N4O7S.C16H12N4O7S/c1-5-30-19(27)23-17-12(10-14(32-17)18(26)31-20(2,3)4)15(22-23)21-16(25)11-8-6-7-9-13(11)24(28)29;1-2-27-16(24)19-14-9(7-11(28-14)15(22)23)12(18-19)17-13(21)8-5-3-4-6-10(8)20(25)26/h6-10H,5H2,1-4H3,(H,21,22,25);3-7H,2H2,1H3,(H,22,23)(H,17,18,21). The van der Waals surface area contributed by atoms with Gasteiger partial charge in [-0.05, 0) is 58.9 Å². The average molecular weight is 865 g/mol. The van der Waals surface area contributed by atoms with Crippen LogP contribution in [-0.2, 0) is 14.2 Å². The van der Waals surface area contributed by atoms with E-state index in [0.29, 0.717) is 0 Å². The first-order valence-electron chi connectivity index (χ1n) is 17.3. The zero-order valence-corrected chi connectivity index (χ0v) is 33.6. The van der Waals surface area contributed by atoms with Crippen LogP contribution < -0.4 is 10.6 Å². The smallest absolute Gasteiger partial charge is 0.436 e. The molecule has 0 aliphatic rings. The molecule has 0 spiro atoms. The molecule has 0 saturated carbocycles. The SMILES string of the molecule is CCOC(=O)n1nc(NC(=O)c2ccccc2[N+](=O)[O-])c2cc(C(=O)O)sc21.CCOC(=O)n1nc(NC(=O)c2ccccc2[N+](=O)[O-])c2cc(C(=O)OC(C)(C)C)sc21. The summed E-state index contributed by atoms with van der Waals surface area (Å²) in [5.74, 6) is -3.61. The number of hydrogen-bond acceptors (Lipinski definition) is 17. The van der Waals surface area contributed by atoms with Crippen molar-refractivity contribution in [2.45, 2.75) is 40.2 Å². The van der Waals surface area contributed by atoms with Crippen LogP contribution in [0.4, 0.5) is 32.6 Å². The number of nitro benzene ring substituents is 2. The molecule has 312 valence electrons. The number of aromatic carboxylic acids is 1. The van der Waals surface area contributed by atoms with Crippen molar-refractivity contribution in [1.82, 2.24) is 19.6 Å². The molecule has 0 atom stereocenters. The van der Waals surface area contributed by atoms with Gasteiger partial charge < -0.3 is 30.0 Å². The highest BCUT2D eigenvalue weighted by Gasteiger charge is 2.28. The Labute approximate surface area is 344 Å². The summed E-state index contributed by atoms with van der Waals surface area (Å²) < 4.78 is 17.0. The van der Waals surface area contributed by atoms with Crippen molar-refractivity contribution in [3.63, 3.8) is 0 Å². The summed E-state index contributed by atoms with van der Waals surface area (Å²) in [6, 6.07) is 13.4. The number of thiophene rings is 2. The van der Waals surface area contributed by atoms with Crippen molar-refractivity contribution in [3.8, 4) is 0 Å². The molecule has 4 aromatic heterocycles. The molecule has 0 fully saturated rings. The molecule has 0 aliphatic heterocycles. The van der Waals surface area contributed by atoms with Crippen LogP contribution in [0.2, 0.25) is 0 Å². The van der Waals surface area contributed by atoms with Crippen molar-refractivity contribution < 1.29 is 57.9 Å². The number of carbonyl (C=O) groups excluding carboxylic acids is 5. The average Bonchev–Trinajstić information content (AvgIpc) is 3.97. The molecule has 2 amide bonds. The maximum atomic E-state index is 12.7. The molecule has 6 aromatic rings. The Morgan fingerprint density at radius 3 is 1.50 bits per heavy atom. The normalized spacial score (nSPS) is 10.9. The van der Waals surface area contributed by atoms with Gasteiger partial charge in [-0.3, -0.25) is 29.8 Å². The van der Waals surface area contributed by atoms with Gasteiger partial charge in [0.05, 0.1) is 33.8 Å². The first-order valence-corrected chi connectivity index (χ1v) is 18.9. The van der Waals surface area contributed by atoms with Crippen molar-refractivity contribution in [1.29, 1.82) is 0 Å². The molecule has 3 N–H and O–H groups in total. The van der Waals surface area contributed by atoms with Crippen LogP contribution >= 0.6 is 22.7 Å². The molecule has 60 heavy (non-hydrogen) atoms. The second-order valence-corrected chi connectivity index (χ2v) is 14.9. The van der Waals surface area contributed by atoms with E-state index in [0.717, 1.165) is 32.0 Å². The number of carboxylic acids is 1. The Balaban J connectivity index is 0.000000230. The summed E-state index contributed by atoms with van der Waals surface area (Å²) in [6.07, 6.45) is -1.65. The summed E-state index contributed by atoms with van der Waals surface area (Å²) in [5.41, 5.74) is -1.91. The highest BCUT2D eigenvalue weighted by molar-refractivity contribution is 7.21. The van der Waals surface area contributed by atoms with Crippen LogP contribution in [0.3, 0.4) is 0 Å². The van der Waals surface area contributed by atoms with Gasteiger partial charge in [0, 0.05) is 12.1 Å². The topological polar surface area (TPSA) is 296 Å². The Bertz CT molecular complexity index is 2710. The molecule has 0 unspecified atom stereocenters. The van der Waals surface area contributed by atoms with Crippen LogP contribution in [0, 0.1) is 20.2 Å². The Kier molecular flexibility index (Phi) is 13.0. The lowest BCUT2D eigenvalue weighted by molar-refractivity contribution is -0.385. The fourth-order valence-corrected chi connectivity index (χ4v) is 7.07. The number of aromatic nitrogens is 4. The number of benzene rings is 2. The quantitative estimate of drug-likeness (QED) is 0.0531. The summed E-state index contributed by atoms with van der Waals surface area (Å²) in [5, 5.41) is 45.0. The molecule has 0 aliphatic carbocycles. The molecular formula is C36H32N8O14S2. The van der Waals surface area contributed by atoms with E-state index < -0.39 is 57.1 Å². The van der Waals surface area contributed by atoms with Crippen LogP contribution in [0.5, 0.6) is 0 Å². The first kappa shape index (κ1) is 43.5. The van der Waals surface area contributed by atoms with E-state index >= 15 is 0 Å². The van der Waals surface area contributed by atoms with E-state index in [4.69, 9.17) is 14.2 Å². The number of nitrogens with zero attached hydrogens (tertiary/aromatic N) is 6. The monoisotopic (exact) mass is 864 g/mol. The second kappa shape index (κ2) is 17.9. The number of nitro groups is 2. The van der Waals surface area contributed by atoms with Gasteiger partial charge >= 0.3 is 24.1 Å². The minimum Gasteiger partial charge on any atom is -0.477 e. The maximum absolute atomic E-state index is 12.7. The van der Waals surface area contributed by atoms with Gasteiger partial charge in [0.2, 0.25) is 0 Å². The number of fused-ring (bicyclic) bond motifs is 2. The van der Waals surface area contributed by atoms with E-state index in [-0.39, 0.29) is 71.9 Å². The zero-order chi connectivity index (χ0) is 44.1. The van der Waals surface area contributed by atoms with Crippen molar-refractivity contribution in [3.05, 3.63) is 102 Å². The van der Waals surface area contributed by atoms with Crippen molar-refractivity contribution >= 4 is 102 Å². The highest BCUT2D eigenvalue weighted by Crippen LogP contribution is 2.34. The van der Waals surface area contributed by atoms with Gasteiger partial charge in [0.15, 0.2) is 11.6 Å². The van der Waals surface area contributed by atoms with Crippen LogP contribution in [0.25, 0.3) is 20.4 Å². The Hall–Kier alpha value is -7.60. The van der Waals surface area contributed by atoms with Crippen LogP contribution in [0.15, 0.2) is 60.7 Å². The molecular weight excluding hydrogens is 833 g/mol. The number of anilines is 2. The van der Waals surface area contributed by atoms with E-state index in [1.54, 1.807) is 34.6 Å². The molecule has 24 heteroatoms. The lowest BCUT2D eigenvalue weighted by Gasteiger charge is -2.18. The van der Waals surface area contributed by atoms with E-state index in [1.807, 2.05) is 0 Å². The first-order chi connectivity index (χ1) is 28.3. The Morgan fingerprint density at radius 2 is 1.12 bits per heavy atom. The zero-order valence-electron chi connectivity index (χ0n) is 31.9. The molecule has 0 saturated heterocycles. The second-order valence-electron chi connectivity index (χ2n) is 12.8. The third-order valence-electron chi connectivity index (χ3n) is 7.57. The van der Waals surface area contributed by atoms with Gasteiger partial charge in [-0.15, -0.1) is 32.9 Å². The summed E-state index contributed by atoms with van der Waals surface area (Å²) in [4.78, 5) is 95.0. The third-order valence-corrected chi connectivity index (χ3v) is 9.76. The fraction of sp³-hybridized carbons (Fsp3) is 0.222. The number of carbonyl (C=O) groups is 6. The van der Waals surface area contributed by atoms with Crippen LogP contribution in [0.1, 0.15) is 74.7 Å². The number of ether oxygens (including phenoxy) is 3. The summed E-state index contributed by atoms with van der Waals surface area (Å²) in [7, 11) is 0. The van der Waals surface area contributed by atoms with E-state index in [9.17, 15) is 54.1 Å². The Morgan fingerprint density at radius 1 is 0.717 bits per heavy atom. The molecule has 2 aromatic carbocycles. The number of carboxylic acid groups (broad SMARTS) is 1. The fourth-order valence-electron chi connectivity index (χ4n) is 5.15. The molecule has 0 radical (unpaired) electrons. The van der Waals surface area contributed by atoms with E-state index in [1.165, 1.54) is 60.7 Å². The minimum atomic E-state index is -1.22. The number of hydrogen-bond donors (Lipinski definition) is 3. The number of para-hydroxylation sites is 2. The third kappa shape index (κ3) is 9.56. The molecule has 0 bridgehead atoms. The molecule has 4 heterocycles. The lowest BCUT2D eigenvalue weighted by atomic mass is 10.1. The van der Waals surface area contributed by atoms with Crippen molar-refractivity contribution in [2.75, 3.05) is 23.8 Å². The number of esters is 1. The number of amides is 2. The van der Waals surface area contributed by atoms with E-state index in [2.05, 4.69) is 20.8 Å². The van der Waals surface area contributed by atoms with Gasteiger partial charge in [0.25, 0.3) is 23.2 Å². The molecule has 22 nitrogen and oxygen atoms in total. The van der Waals surface area contributed by atoms with Gasteiger partial charge in [-0.25, -0.2) is 19.2 Å². The predicted octanol–water partition coefficient (Wildman–Crippen LogP) is 7.18. The number of rotatable bonds is 10. The summed E-state index contributed by atoms with van der Waals surface area (Å²) in [6.45, 7) is 8.52. The number of nitrogens with one attached hydrogen (secondary N) is 2. The minimum absolute atomic E-state index is 0.0535. The summed E-state index contributed by atoms with van der Waals surface area (Å²) >= 11 is 1.72. The van der Waals surface area contributed by atoms with Crippen molar-refractivity contribution in [2.24, 2.45) is 0 Å². The van der Waals surface area contributed by atoms with Crippen LogP contribution in [-0.4, -0.2) is 89.3 Å². The predicted molar refractivity (Wildman–Crippen MR) is 214 cm³/mol. The maximum Gasteiger partial charge on any atom is 0.436 e.